The van der Waals surface area contributed by atoms with Crippen LogP contribution >= 0.6 is 0 Å². The highest BCUT2D eigenvalue weighted by Gasteiger charge is 2.16. The summed E-state index contributed by atoms with van der Waals surface area (Å²) in [6.45, 7) is 4.30. The number of benzene rings is 1. The molecule has 2 heterocycles. The normalized spacial score (nSPS) is 11.4. The Bertz CT molecular complexity index is 781. The molecule has 21 heavy (non-hydrogen) atoms. The van der Waals surface area contributed by atoms with E-state index in [2.05, 4.69) is 29.7 Å². The van der Waals surface area contributed by atoms with Gasteiger partial charge in [0.05, 0.1) is 22.4 Å². The fraction of sp³-hybridized carbons (Fsp3) is 0.375. The Labute approximate surface area is 124 Å². The van der Waals surface area contributed by atoms with Crippen molar-refractivity contribution >= 4 is 16.7 Å². The van der Waals surface area contributed by atoms with Crippen LogP contribution in [0.1, 0.15) is 31.8 Å². The molecule has 2 aromatic heterocycles. The summed E-state index contributed by atoms with van der Waals surface area (Å²) in [4.78, 5) is 4.77. The van der Waals surface area contributed by atoms with Gasteiger partial charge in [-0.2, -0.15) is 5.10 Å². The number of nitrogens with zero attached hydrogens (tertiary/aromatic N) is 4. The molecule has 0 saturated carbocycles. The molecular formula is C16H21N5. The third-order valence-electron chi connectivity index (χ3n) is 3.68. The van der Waals surface area contributed by atoms with Crippen molar-refractivity contribution in [1.29, 1.82) is 0 Å². The molecule has 3 aromatic rings. The number of rotatable bonds is 4. The van der Waals surface area contributed by atoms with Crippen molar-refractivity contribution in [3.8, 4) is 5.69 Å². The van der Waals surface area contributed by atoms with E-state index in [1.807, 2.05) is 29.9 Å². The zero-order chi connectivity index (χ0) is 15.0. The molecule has 5 nitrogen and oxygen atoms in total. The topological polar surface area (TPSA) is 61.7 Å². The summed E-state index contributed by atoms with van der Waals surface area (Å²) >= 11 is 0. The summed E-state index contributed by atoms with van der Waals surface area (Å²) in [5.41, 5.74) is 10.9. The Morgan fingerprint density at radius 1 is 1.24 bits per heavy atom. The Morgan fingerprint density at radius 3 is 2.76 bits per heavy atom. The lowest BCUT2D eigenvalue weighted by molar-refractivity contribution is 0.746. The number of aromatic nitrogens is 4. The van der Waals surface area contributed by atoms with Gasteiger partial charge in [-0.25, -0.2) is 4.98 Å². The van der Waals surface area contributed by atoms with E-state index in [-0.39, 0.29) is 0 Å². The van der Waals surface area contributed by atoms with Crippen LogP contribution in [0.3, 0.4) is 0 Å². The fourth-order valence-electron chi connectivity index (χ4n) is 2.77. The zero-order valence-electron chi connectivity index (χ0n) is 12.8. The van der Waals surface area contributed by atoms with E-state index in [0.717, 1.165) is 53.2 Å². The molecule has 0 aliphatic heterocycles. The SMILES string of the molecule is CCCc1nc2cc(N)ccc2n1-c1cn(C)nc1CC. The first-order valence-electron chi connectivity index (χ1n) is 7.43. The lowest BCUT2D eigenvalue weighted by Gasteiger charge is -2.08. The molecule has 0 aliphatic carbocycles. The first-order chi connectivity index (χ1) is 10.1. The van der Waals surface area contributed by atoms with Crippen LogP contribution in [0.5, 0.6) is 0 Å². The standard InChI is InChI=1S/C16H21N5/c1-4-6-16-18-13-9-11(17)7-8-14(13)21(16)15-10-20(3)19-12(15)5-2/h7-10H,4-6,17H2,1-3H3. The van der Waals surface area contributed by atoms with E-state index in [1.54, 1.807) is 0 Å². The van der Waals surface area contributed by atoms with Gasteiger partial charge in [-0.1, -0.05) is 13.8 Å². The first kappa shape index (κ1) is 13.7. The largest absolute Gasteiger partial charge is 0.399 e. The van der Waals surface area contributed by atoms with Crippen LogP contribution in [0.2, 0.25) is 0 Å². The Morgan fingerprint density at radius 2 is 2.05 bits per heavy atom. The number of nitrogen functional groups attached to an aromatic ring is 1. The molecule has 0 aliphatic rings. The van der Waals surface area contributed by atoms with Crippen molar-refractivity contribution in [2.24, 2.45) is 7.05 Å². The second-order valence-electron chi connectivity index (χ2n) is 5.35. The molecule has 0 fully saturated rings. The van der Waals surface area contributed by atoms with Gasteiger partial charge in [0.1, 0.15) is 5.82 Å². The van der Waals surface area contributed by atoms with Crippen LogP contribution in [-0.2, 0) is 19.9 Å². The maximum absolute atomic E-state index is 5.89. The molecular weight excluding hydrogens is 262 g/mol. The highest BCUT2D eigenvalue weighted by atomic mass is 15.3. The lowest BCUT2D eigenvalue weighted by atomic mass is 10.2. The van der Waals surface area contributed by atoms with Crippen LogP contribution in [-0.4, -0.2) is 19.3 Å². The molecule has 3 rings (SSSR count). The molecule has 2 N–H and O–H groups in total. The van der Waals surface area contributed by atoms with Crippen LogP contribution in [0.25, 0.3) is 16.7 Å². The molecule has 0 amide bonds. The smallest absolute Gasteiger partial charge is 0.114 e. The number of aryl methyl sites for hydroxylation is 3. The van der Waals surface area contributed by atoms with Gasteiger partial charge in [0.2, 0.25) is 0 Å². The molecule has 0 bridgehead atoms. The number of hydrogen-bond acceptors (Lipinski definition) is 3. The summed E-state index contributed by atoms with van der Waals surface area (Å²) in [6, 6.07) is 5.91. The number of anilines is 1. The maximum atomic E-state index is 5.89. The van der Waals surface area contributed by atoms with Crippen molar-refractivity contribution in [1.82, 2.24) is 19.3 Å². The van der Waals surface area contributed by atoms with Gasteiger partial charge in [-0.05, 0) is 31.0 Å². The van der Waals surface area contributed by atoms with Crippen molar-refractivity contribution in [2.75, 3.05) is 5.73 Å². The number of fused-ring (bicyclic) bond motifs is 1. The molecule has 0 saturated heterocycles. The zero-order valence-corrected chi connectivity index (χ0v) is 12.8. The van der Waals surface area contributed by atoms with E-state index in [1.165, 1.54) is 0 Å². The van der Waals surface area contributed by atoms with Crippen molar-refractivity contribution in [2.45, 2.75) is 33.1 Å². The predicted octanol–water partition coefficient (Wildman–Crippen LogP) is 2.86. The Kier molecular flexibility index (Phi) is 3.41. The van der Waals surface area contributed by atoms with Crippen molar-refractivity contribution in [3.63, 3.8) is 0 Å². The third kappa shape index (κ3) is 2.28. The van der Waals surface area contributed by atoms with E-state index in [9.17, 15) is 0 Å². The molecule has 1 aromatic carbocycles. The van der Waals surface area contributed by atoms with Crippen molar-refractivity contribution < 1.29 is 0 Å². The molecule has 0 radical (unpaired) electrons. The first-order valence-corrected chi connectivity index (χ1v) is 7.43. The van der Waals surface area contributed by atoms with E-state index in [4.69, 9.17) is 10.7 Å². The molecule has 5 heteroatoms. The Balaban J connectivity index is 2.30. The molecule has 0 unspecified atom stereocenters. The van der Waals surface area contributed by atoms with Gasteiger partial charge >= 0.3 is 0 Å². The lowest BCUT2D eigenvalue weighted by Crippen LogP contribution is -2.02. The van der Waals surface area contributed by atoms with Crippen LogP contribution in [0.15, 0.2) is 24.4 Å². The highest BCUT2D eigenvalue weighted by Crippen LogP contribution is 2.26. The maximum Gasteiger partial charge on any atom is 0.114 e. The quantitative estimate of drug-likeness (QED) is 0.749. The van der Waals surface area contributed by atoms with Gasteiger partial charge in [-0.3, -0.25) is 9.25 Å². The summed E-state index contributed by atoms with van der Waals surface area (Å²) in [6.07, 6.45) is 4.96. The summed E-state index contributed by atoms with van der Waals surface area (Å²) < 4.78 is 4.09. The average Bonchev–Trinajstić information content (AvgIpc) is 2.98. The molecule has 110 valence electrons. The number of imidazole rings is 1. The van der Waals surface area contributed by atoms with E-state index >= 15 is 0 Å². The minimum absolute atomic E-state index is 0.747. The van der Waals surface area contributed by atoms with Gasteiger partial charge < -0.3 is 5.73 Å². The number of hydrogen-bond donors (Lipinski definition) is 1. The summed E-state index contributed by atoms with van der Waals surface area (Å²) in [7, 11) is 1.96. The second-order valence-corrected chi connectivity index (χ2v) is 5.35. The minimum Gasteiger partial charge on any atom is -0.399 e. The van der Waals surface area contributed by atoms with Gasteiger partial charge in [0.15, 0.2) is 0 Å². The monoisotopic (exact) mass is 283 g/mol. The fourth-order valence-corrected chi connectivity index (χ4v) is 2.77. The third-order valence-corrected chi connectivity index (χ3v) is 3.68. The van der Waals surface area contributed by atoms with Crippen LogP contribution in [0, 0.1) is 0 Å². The van der Waals surface area contributed by atoms with Crippen LogP contribution in [0.4, 0.5) is 5.69 Å². The van der Waals surface area contributed by atoms with Gasteiger partial charge in [0, 0.05) is 25.4 Å². The summed E-state index contributed by atoms with van der Waals surface area (Å²) in [5, 5.41) is 4.55. The average molecular weight is 283 g/mol. The summed E-state index contributed by atoms with van der Waals surface area (Å²) in [5.74, 6) is 1.07. The Hall–Kier alpha value is -2.30. The molecule has 0 spiro atoms. The van der Waals surface area contributed by atoms with E-state index in [0.29, 0.717) is 0 Å². The van der Waals surface area contributed by atoms with Gasteiger partial charge in [0.25, 0.3) is 0 Å². The van der Waals surface area contributed by atoms with Gasteiger partial charge in [-0.15, -0.1) is 0 Å². The number of nitrogens with two attached hydrogens (primary N) is 1. The molecule has 0 atom stereocenters. The minimum atomic E-state index is 0.747. The predicted molar refractivity (Wildman–Crippen MR) is 85.6 cm³/mol. The highest BCUT2D eigenvalue weighted by molar-refractivity contribution is 5.81. The second kappa shape index (κ2) is 5.24. The van der Waals surface area contributed by atoms with Crippen LogP contribution < -0.4 is 5.73 Å². The van der Waals surface area contributed by atoms with E-state index < -0.39 is 0 Å². The van der Waals surface area contributed by atoms with Crippen molar-refractivity contribution in [3.05, 3.63) is 35.9 Å².